The highest BCUT2D eigenvalue weighted by Crippen LogP contribution is 2.16. The summed E-state index contributed by atoms with van der Waals surface area (Å²) in [5.41, 5.74) is 2.45. The molecule has 0 aliphatic heterocycles. The Labute approximate surface area is 168 Å². The zero-order valence-corrected chi connectivity index (χ0v) is 16.2. The highest BCUT2D eigenvalue weighted by molar-refractivity contribution is 9.10. The van der Waals surface area contributed by atoms with Gasteiger partial charge in [0.2, 0.25) is 0 Å². The van der Waals surface area contributed by atoms with Crippen LogP contribution in [-0.4, -0.2) is 25.2 Å². The fourth-order valence-corrected chi connectivity index (χ4v) is 3.05. The minimum atomic E-state index is -0.375. The highest BCUT2D eigenvalue weighted by atomic mass is 79.9. The number of amides is 1. The average molecular weight is 440 g/mol. The summed E-state index contributed by atoms with van der Waals surface area (Å²) in [7, 11) is 0. The summed E-state index contributed by atoms with van der Waals surface area (Å²) in [5, 5.41) is 7.00. The first-order chi connectivity index (χ1) is 13.6. The SMILES string of the molecule is O=C(NCc1ccc(-n2ccnc2)c(F)c1)c1ccc(-n2cc(Br)cn2)cc1. The number of hydrogen-bond donors (Lipinski definition) is 1. The summed E-state index contributed by atoms with van der Waals surface area (Å²) >= 11 is 3.35. The maximum atomic E-state index is 14.3. The first-order valence-electron chi connectivity index (χ1n) is 8.46. The number of aromatic nitrogens is 4. The van der Waals surface area contributed by atoms with Crippen molar-refractivity contribution in [3.8, 4) is 11.4 Å². The number of halogens is 2. The van der Waals surface area contributed by atoms with Crippen LogP contribution in [0.2, 0.25) is 0 Å². The number of imidazole rings is 1. The van der Waals surface area contributed by atoms with Crippen molar-refractivity contribution in [2.24, 2.45) is 0 Å². The molecule has 2 aromatic carbocycles. The molecule has 0 aliphatic carbocycles. The van der Waals surface area contributed by atoms with Crippen molar-refractivity contribution in [2.45, 2.75) is 6.54 Å². The molecule has 0 atom stereocenters. The van der Waals surface area contributed by atoms with E-state index in [2.05, 4.69) is 31.3 Å². The standard InChI is InChI=1S/C20H15BrFN5O/c21-16-11-25-27(12-16)17-4-2-15(3-5-17)20(28)24-10-14-1-6-19(18(22)9-14)26-8-7-23-13-26/h1-9,11-13H,10H2,(H,24,28). The second-order valence-corrected chi connectivity index (χ2v) is 7.00. The molecule has 2 aromatic heterocycles. The predicted molar refractivity (Wildman–Crippen MR) is 106 cm³/mol. The monoisotopic (exact) mass is 439 g/mol. The van der Waals surface area contributed by atoms with Crippen LogP contribution >= 0.6 is 15.9 Å². The van der Waals surface area contributed by atoms with E-state index >= 15 is 0 Å². The third-order valence-electron chi connectivity index (χ3n) is 4.19. The van der Waals surface area contributed by atoms with Gasteiger partial charge in [-0.2, -0.15) is 5.10 Å². The van der Waals surface area contributed by atoms with E-state index in [9.17, 15) is 9.18 Å². The highest BCUT2D eigenvalue weighted by Gasteiger charge is 2.09. The molecule has 0 aliphatic rings. The second-order valence-electron chi connectivity index (χ2n) is 6.09. The Hall–Kier alpha value is -3.26. The normalized spacial score (nSPS) is 10.8. The van der Waals surface area contributed by atoms with Gasteiger partial charge in [0.15, 0.2) is 0 Å². The molecule has 6 nitrogen and oxygen atoms in total. The van der Waals surface area contributed by atoms with Gasteiger partial charge < -0.3 is 9.88 Å². The van der Waals surface area contributed by atoms with Crippen LogP contribution in [0.5, 0.6) is 0 Å². The van der Waals surface area contributed by atoms with Crippen LogP contribution < -0.4 is 5.32 Å². The fraction of sp³-hybridized carbons (Fsp3) is 0.0500. The van der Waals surface area contributed by atoms with E-state index in [1.165, 1.54) is 12.4 Å². The van der Waals surface area contributed by atoms with Crippen molar-refractivity contribution in [1.29, 1.82) is 0 Å². The Morgan fingerprint density at radius 2 is 2.00 bits per heavy atom. The van der Waals surface area contributed by atoms with Crippen LogP contribution in [0.25, 0.3) is 11.4 Å². The van der Waals surface area contributed by atoms with Crippen LogP contribution in [0, 0.1) is 5.82 Å². The van der Waals surface area contributed by atoms with Crippen molar-refractivity contribution in [2.75, 3.05) is 0 Å². The lowest BCUT2D eigenvalue weighted by atomic mass is 10.1. The van der Waals surface area contributed by atoms with Crippen molar-refractivity contribution in [3.63, 3.8) is 0 Å². The van der Waals surface area contributed by atoms with Gasteiger partial charge in [-0.3, -0.25) is 4.79 Å². The lowest BCUT2D eigenvalue weighted by Crippen LogP contribution is -2.22. The van der Waals surface area contributed by atoms with Crippen LogP contribution in [0.4, 0.5) is 4.39 Å². The van der Waals surface area contributed by atoms with E-state index in [-0.39, 0.29) is 18.3 Å². The van der Waals surface area contributed by atoms with Gasteiger partial charge in [0.25, 0.3) is 5.91 Å². The molecule has 0 spiro atoms. The smallest absolute Gasteiger partial charge is 0.251 e. The van der Waals surface area contributed by atoms with Crippen LogP contribution in [0.15, 0.2) is 78.1 Å². The maximum Gasteiger partial charge on any atom is 0.251 e. The predicted octanol–water partition coefficient (Wildman–Crippen LogP) is 3.89. The zero-order chi connectivity index (χ0) is 19.5. The minimum Gasteiger partial charge on any atom is -0.348 e. The molecular formula is C20H15BrFN5O. The Morgan fingerprint density at radius 3 is 2.64 bits per heavy atom. The third kappa shape index (κ3) is 3.86. The van der Waals surface area contributed by atoms with Gasteiger partial charge in [-0.25, -0.2) is 14.1 Å². The number of hydrogen-bond acceptors (Lipinski definition) is 3. The number of benzene rings is 2. The van der Waals surface area contributed by atoms with E-state index in [0.29, 0.717) is 16.8 Å². The molecule has 2 heterocycles. The van der Waals surface area contributed by atoms with Crippen LogP contribution in [0.3, 0.4) is 0 Å². The molecule has 0 fully saturated rings. The number of carbonyl (C=O) groups excluding carboxylic acids is 1. The first-order valence-corrected chi connectivity index (χ1v) is 9.25. The van der Waals surface area contributed by atoms with Crippen molar-refractivity contribution in [3.05, 3.63) is 95.0 Å². The Bertz CT molecular complexity index is 1110. The summed E-state index contributed by atoms with van der Waals surface area (Å²) in [6.07, 6.45) is 8.32. The van der Waals surface area contributed by atoms with Gasteiger partial charge in [0, 0.05) is 30.7 Å². The topological polar surface area (TPSA) is 64.7 Å². The second kappa shape index (κ2) is 7.77. The minimum absolute atomic E-state index is 0.229. The molecule has 1 amide bonds. The molecule has 0 saturated heterocycles. The molecule has 4 rings (SSSR count). The number of carbonyl (C=O) groups is 1. The van der Waals surface area contributed by atoms with Crippen LogP contribution in [0.1, 0.15) is 15.9 Å². The van der Waals surface area contributed by atoms with Crippen molar-refractivity contribution >= 4 is 21.8 Å². The Kier molecular flexibility index (Phi) is 5.03. The average Bonchev–Trinajstić information content (AvgIpc) is 3.38. The van der Waals surface area contributed by atoms with Crippen molar-refractivity contribution in [1.82, 2.24) is 24.6 Å². The van der Waals surface area contributed by atoms with E-state index in [1.807, 2.05) is 18.3 Å². The number of nitrogens with zero attached hydrogens (tertiary/aromatic N) is 4. The summed E-state index contributed by atoms with van der Waals surface area (Å²) in [6, 6.07) is 11.9. The Balaban J connectivity index is 1.41. The summed E-state index contributed by atoms with van der Waals surface area (Å²) in [5.74, 6) is -0.605. The quantitative estimate of drug-likeness (QED) is 0.512. The van der Waals surface area contributed by atoms with Crippen LogP contribution in [-0.2, 0) is 6.54 Å². The van der Waals surface area contributed by atoms with Gasteiger partial charge in [0.1, 0.15) is 5.82 Å². The largest absolute Gasteiger partial charge is 0.348 e. The molecule has 8 heteroatoms. The molecular weight excluding hydrogens is 425 g/mol. The fourth-order valence-electron chi connectivity index (χ4n) is 2.76. The number of nitrogens with one attached hydrogen (secondary N) is 1. The molecule has 0 bridgehead atoms. The van der Waals surface area contributed by atoms with Gasteiger partial charge in [-0.15, -0.1) is 0 Å². The zero-order valence-electron chi connectivity index (χ0n) is 14.6. The number of rotatable bonds is 5. The third-order valence-corrected chi connectivity index (χ3v) is 4.60. The molecule has 4 aromatic rings. The van der Waals surface area contributed by atoms with E-state index in [0.717, 1.165) is 10.2 Å². The maximum absolute atomic E-state index is 14.3. The van der Waals surface area contributed by atoms with Gasteiger partial charge in [-0.1, -0.05) is 6.07 Å². The molecule has 0 unspecified atom stereocenters. The summed E-state index contributed by atoms with van der Waals surface area (Å²) in [4.78, 5) is 16.3. The summed E-state index contributed by atoms with van der Waals surface area (Å²) in [6.45, 7) is 0.230. The van der Waals surface area contributed by atoms with Gasteiger partial charge >= 0.3 is 0 Å². The molecule has 28 heavy (non-hydrogen) atoms. The lowest BCUT2D eigenvalue weighted by Gasteiger charge is -2.09. The molecule has 0 radical (unpaired) electrons. The van der Waals surface area contributed by atoms with E-state index in [4.69, 9.17) is 0 Å². The van der Waals surface area contributed by atoms with E-state index in [1.54, 1.807) is 52.1 Å². The van der Waals surface area contributed by atoms with Crippen molar-refractivity contribution < 1.29 is 9.18 Å². The first kappa shape index (κ1) is 18.1. The summed E-state index contributed by atoms with van der Waals surface area (Å²) < 4.78 is 18.5. The van der Waals surface area contributed by atoms with Gasteiger partial charge in [-0.05, 0) is 57.9 Å². The Morgan fingerprint density at radius 1 is 1.18 bits per heavy atom. The lowest BCUT2D eigenvalue weighted by molar-refractivity contribution is 0.0951. The van der Waals surface area contributed by atoms with E-state index < -0.39 is 0 Å². The van der Waals surface area contributed by atoms with Gasteiger partial charge in [0.05, 0.1) is 28.4 Å². The molecule has 140 valence electrons. The molecule has 1 N–H and O–H groups in total. The molecule has 0 saturated carbocycles.